The first-order valence-electron chi connectivity index (χ1n) is 8.00. The third kappa shape index (κ3) is 3.53. The molecule has 1 spiro atoms. The molecule has 2 heterocycles. The van der Waals surface area contributed by atoms with Gasteiger partial charge in [0.1, 0.15) is 11.6 Å². The monoisotopic (exact) mass is 325 g/mol. The summed E-state index contributed by atoms with van der Waals surface area (Å²) in [5.41, 5.74) is 0.361. The highest BCUT2D eigenvalue weighted by Crippen LogP contribution is 2.31. The second-order valence-corrected chi connectivity index (χ2v) is 6.30. The van der Waals surface area contributed by atoms with Gasteiger partial charge in [0.2, 0.25) is 5.91 Å². The topological polar surface area (TPSA) is 38.8 Å². The highest BCUT2D eigenvalue weighted by atomic mass is 19.1. The van der Waals surface area contributed by atoms with E-state index in [1.54, 1.807) is 11.8 Å². The number of rotatable bonds is 3. The molecule has 126 valence electrons. The number of amides is 1. The second-order valence-electron chi connectivity index (χ2n) is 6.30. The molecule has 0 radical (unpaired) electrons. The molecule has 0 N–H and O–H groups in total. The predicted octanol–water partition coefficient (Wildman–Crippen LogP) is 2.82. The summed E-state index contributed by atoms with van der Waals surface area (Å²) in [4.78, 5) is 14.2. The first-order valence-corrected chi connectivity index (χ1v) is 8.00. The van der Waals surface area contributed by atoms with Crippen molar-refractivity contribution in [2.45, 2.75) is 37.9 Å². The van der Waals surface area contributed by atoms with E-state index in [-0.39, 0.29) is 18.2 Å². The van der Waals surface area contributed by atoms with E-state index in [1.165, 1.54) is 12.1 Å². The van der Waals surface area contributed by atoms with Gasteiger partial charge in [-0.3, -0.25) is 4.79 Å². The van der Waals surface area contributed by atoms with Crippen molar-refractivity contribution in [1.82, 2.24) is 4.90 Å². The molecule has 2 aliphatic rings. The van der Waals surface area contributed by atoms with Crippen LogP contribution in [-0.4, -0.2) is 42.9 Å². The molecule has 1 aromatic carbocycles. The van der Waals surface area contributed by atoms with Crippen LogP contribution in [0.1, 0.15) is 37.7 Å². The lowest BCUT2D eigenvalue weighted by Gasteiger charge is -2.39. The van der Waals surface area contributed by atoms with E-state index < -0.39 is 17.4 Å². The average molecular weight is 325 g/mol. The molecule has 0 bridgehead atoms. The van der Waals surface area contributed by atoms with Crippen LogP contribution >= 0.6 is 0 Å². The molecule has 1 amide bonds. The molecular weight excluding hydrogens is 304 g/mol. The molecule has 1 aromatic rings. The summed E-state index contributed by atoms with van der Waals surface area (Å²) < 4.78 is 38.2. The Morgan fingerprint density at radius 1 is 1.35 bits per heavy atom. The zero-order valence-corrected chi connectivity index (χ0v) is 13.2. The highest BCUT2D eigenvalue weighted by Gasteiger charge is 2.42. The van der Waals surface area contributed by atoms with Gasteiger partial charge in [-0.2, -0.15) is 0 Å². The molecule has 2 fully saturated rings. The van der Waals surface area contributed by atoms with Crippen molar-refractivity contribution in [3.63, 3.8) is 0 Å². The van der Waals surface area contributed by atoms with Gasteiger partial charge in [0, 0.05) is 25.5 Å². The first-order chi connectivity index (χ1) is 11.0. The lowest BCUT2D eigenvalue weighted by atomic mass is 9.95. The molecule has 0 saturated carbocycles. The summed E-state index contributed by atoms with van der Waals surface area (Å²) in [7, 11) is 0. The number of carbonyl (C=O) groups excluding carboxylic acids is 1. The number of ether oxygens (including phenoxy) is 2. The molecule has 1 atom stereocenters. The van der Waals surface area contributed by atoms with Crippen LogP contribution in [-0.2, 0) is 14.3 Å². The molecule has 2 saturated heterocycles. The summed E-state index contributed by atoms with van der Waals surface area (Å²) in [5.74, 6) is -2.25. The van der Waals surface area contributed by atoms with Crippen LogP contribution in [0.25, 0.3) is 0 Å². The minimum atomic E-state index is -0.654. The van der Waals surface area contributed by atoms with E-state index in [9.17, 15) is 13.6 Å². The number of hydrogen-bond acceptors (Lipinski definition) is 3. The van der Waals surface area contributed by atoms with Crippen molar-refractivity contribution >= 4 is 5.91 Å². The minimum Gasteiger partial charge on any atom is -0.346 e. The van der Waals surface area contributed by atoms with Crippen LogP contribution in [0.15, 0.2) is 18.2 Å². The number of halogens is 2. The van der Waals surface area contributed by atoms with Crippen LogP contribution in [0, 0.1) is 11.6 Å². The largest absolute Gasteiger partial charge is 0.346 e. The summed E-state index contributed by atoms with van der Waals surface area (Å²) in [6, 6.07) is 3.48. The number of benzene rings is 1. The third-order valence-electron chi connectivity index (χ3n) is 4.56. The SMILES string of the molecule is C[C@H](CC(=O)N1CCCC2(C1)OCCO2)c1ccc(F)cc1F. The fourth-order valence-corrected chi connectivity index (χ4v) is 3.34. The third-order valence-corrected chi connectivity index (χ3v) is 4.56. The molecule has 0 aromatic heterocycles. The normalized spacial score (nSPS) is 21.6. The van der Waals surface area contributed by atoms with Gasteiger partial charge in [-0.15, -0.1) is 0 Å². The molecule has 23 heavy (non-hydrogen) atoms. The minimum absolute atomic E-state index is 0.0561. The van der Waals surface area contributed by atoms with E-state index in [0.29, 0.717) is 31.9 Å². The van der Waals surface area contributed by atoms with E-state index in [1.807, 2.05) is 0 Å². The second kappa shape index (κ2) is 6.53. The Morgan fingerprint density at radius 2 is 2.09 bits per heavy atom. The van der Waals surface area contributed by atoms with Crippen molar-refractivity contribution in [2.24, 2.45) is 0 Å². The Labute approximate surface area is 134 Å². The molecule has 4 nitrogen and oxygen atoms in total. The number of nitrogens with zero attached hydrogens (tertiary/aromatic N) is 1. The zero-order chi connectivity index (χ0) is 16.4. The van der Waals surface area contributed by atoms with Crippen molar-refractivity contribution in [2.75, 3.05) is 26.3 Å². The summed E-state index contributed by atoms with van der Waals surface area (Å²) in [5, 5.41) is 0. The maximum absolute atomic E-state index is 13.8. The highest BCUT2D eigenvalue weighted by molar-refractivity contribution is 5.77. The van der Waals surface area contributed by atoms with Crippen LogP contribution in [0.3, 0.4) is 0 Å². The van der Waals surface area contributed by atoms with Crippen molar-refractivity contribution < 1.29 is 23.0 Å². The lowest BCUT2D eigenvalue weighted by molar-refractivity contribution is -0.193. The van der Waals surface area contributed by atoms with Crippen LogP contribution in [0.4, 0.5) is 8.78 Å². The molecular formula is C17H21F2NO3. The van der Waals surface area contributed by atoms with E-state index in [2.05, 4.69) is 0 Å². The van der Waals surface area contributed by atoms with Crippen LogP contribution in [0.5, 0.6) is 0 Å². The quantitative estimate of drug-likeness (QED) is 0.858. The molecule has 6 heteroatoms. The summed E-state index contributed by atoms with van der Waals surface area (Å²) in [6.07, 6.45) is 1.79. The number of carbonyl (C=O) groups is 1. The Balaban J connectivity index is 1.64. The Hall–Kier alpha value is -1.53. The van der Waals surface area contributed by atoms with Gasteiger partial charge in [-0.1, -0.05) is 13.0 Å². The average Bonchev–Trinajstić information content (AvgIpc) is 2.94. The van der Waals surface area contributed by atoms with Gasteiger partial charge in [0.15, 0.2) is 5.79 Å². The van der Waals surface area contributed by atoms with E-state index in [4.69, 9.17) is 9.47 Å². The summed E-state index contributed by atoms with van der Waals surface area (Å²) >= 11 is 0. The first kappa shape index (κ1) is 16.3. The van der Waals surface area contributed by atoms with Crippen LogP contribution in [0.2, 0.25) is 0 Å². The van der Waals surface area contributed by atoms with Crippen molar-refractivity contribution in [1.29, 1.82) is 0 Å². The standard InChI is InChI=1S/C17H21F2NO3/c1-12(14-4-3-13(18)10-15(14)19)9-16(21)20-6-2-5-17(11-20)22-7-8-23-17/h3-4,10,12H,2,5-9,11H2,1H3/t12-/m1/s1. The van der Waals surface area contributed by atoms with Gasteiger partial charge in [-0.25, -0.2) is 8.78 Å². The number of likely N-dealkylation sites (tertiary alicyclic amines) is 1. The maximum Gasteiger partial charge on any atom is 0.223 e. The van der Waals surface area contributed by atoms with E-state index in [0.717, 1.165) is 18.9 Å². The van der Waals surface area contributed by atoms with Gasteiger partial charge in [0.25, 0.3) is 0 Å². The smallest absolute Gasteiger partial charge is 0.223 e. The zero-order valence-electron chi connectivity index (χ0n) is 13.2. The van der Waals surface area contributed by atoms with Crippen molar-refractivity contribution in [3.05, 3.63) is 35.4 Å². The fraction of sp³-hybridized carbons (Fsp3) is 0.588. The van der Waals surface area contributed by atoms with Crippen LogP contribution < -0.4 is 0 Å². The fourth-order valence-electron chi connectivity index (χ4n) is 3.34. The summed E-state index contributed by atoms with van der Waals surface area (Å²) in [6.45, 7) is 3.96. The molecule has 3 rings (SSSR count). The number of hydrogen-bond donors (Lipinski definition) is 0. The van der Waals surface area contributed by atoms with E-state index >= 15 is 0 Å². The Kier molecular flexibility index (Phi) is 4.64. The van der Waals surface area contributed by atoms with Gasteiger partial charge < -0.3 is 14.4 Å². The lowest BCUT2D eigenvalue weighted by Crippen LogP contribution is -2.51. The molecule has 0 aliphatic carbocycles. The Bertz CT molecular complexity index is 587. The van der Waals surface area contributed by atoms with Gasteiger partial charge >= 0.3 is 0 Å². The molecule has 2 aliphatic heterocycles. The van der Waals surface area contributed by atoms with Crippen molar-refractivity contribution in [3.8, 4) is 0 Å². The Morgan fingerprint density at radius 3 is 2.78 bits per heavy atom. The predicted molar refractivity (Wildman–Crippen MR) is 79.8 cm³/mol. The van der Waals surface area contributed by atoms with Gasteiger partial charge in [0.05, 0.1) is 19.8 Å². The number of piperidine rings is 1. The molecule has 0 unspecified atom stereocenters. The maximum atomic E-state index is 13.8. The van der Waals surface area contributed by atoms with Gasteiger partial charge in [-0.05, 0) is 24.0 Å².